The maximum atomic E-state index is 10.9. The molecule has 120 valence electrons. The Kier molecular flexibility index (Phi) is 4.16. The van der Waals surface area contributed by atoms with Crippen molar-refractivity contribution in [3.8, 4) is 5.75 Å². The Labute approximate surface area is 134 Å². The first-order valence-electron chi connectivity index (χ1n) is 7.47. The molecule has 2 atom stereocenters. The molecule has 6 heteroatoms. The summed E-state index contributed by atoms with van der Waals surface area (Å²) in [6.45, 7) is 2.91. The van der Waals surface area contributed by atoms with Crippen LogP contribution in [0.2, 0.25) is 0 Å². The van der Waals surface area contributed by atoms with Gasteiger partial charge in [-0.3, -0.25) is 10.1 Å². The Morgan fingerprint density at radius 3 is 2.91 bits per heavy atom. The van der Waals surface area contributed by atoms with Crippen LogP contribution in [0.3, 0.4) is 0 Å². The highest BCUT2D eigenvalue weighted by atomic mass is 16.6. The first-order chi connectivity index (χ1) is 11.1. The molecule has 2 unspecified atom stereocenters. The van der Waals surface area contributed by atoms with Crippen LogP contribution in [0.1, 0.15) is 18.6 Å². The maximum Gasteiger partial charge on any atom is 0.269 e. The molecule has 6 nitrogen and oxygen atoms in total. The van der Waals surface area contributed by atoms with Gasteiger partial charge >= 0.3 is 0 Å². The number of nitro groups is 1. The average molecular weight is 314 g/mol. The SMILES string of the molecule is CC1COc2ccccc2N1CC(O)c1cccc([N+](=O)[O-])c1. The number of nitro benzene ring substituents is 1. The number of benzene rings is 2. The van der Waals surface area contributed by atoms with E-state index in [1.165, 1.54) is 12.1 Å². The minimum atomic E-state index is -0.816. The fourth-order valence-corrected chi connectivity index (χ4v) is 2.77. The van der Waals surface area contributed by atoms with Crippen molar-refractivity contribution in [1.29, 1.82) is 0 Å². The number of anilines is 1. The summed E-state index contributed by atoms with van der Waals surface area (Å²) in [7, 11) is 0. The van der Waals surface area contributed by atoms with Crippen molar-refractivity contribution in [2.45, 2.75) is 19.1 Å². The van der Waals surface area contributed by atoms with Crippen LogP contribution in [-0.2, 0) is 0 Å². The summed E-state index contributed by atoms with van der Waals surface area (Å²) >= 11 is 0. The highest BCUT2D eigenvalue weighted by molar-refractivity contribution is 5.60. The second kappa shape index (κ2) is 6.26. The first-order valence-corrected chi connectivity index (χ1v) is 7.47. The molecule has 0 bridgehead atoms. The van der Waals surface area contributed by atoms with Crippen LogP contribution < -0.4 is 9.64 Å². The standard InChI is InChI=1S/C17H18N2O4/c1-12-11-23-17-8-3-2-7-15(17)18(12)10-16(20)13-5-4-6-14(9-13)19(21)22/h2-9,12,16,20H,10-11H2,1H3. The normalized spacial score (nSPS) is 18.0. The van der Waals surface area contributed by atoms with Gasteiger partial charge in [-0.05, 0) is 24.6 Å². The minimum Gasteiger partial charge on any atom is -0.489 e. The number of aliphatic hydroxyl groups is 1. The van der Waals surface area contributed by atoms with E-state index in [9.17, 15) is 15.2 Å². The molecule has 2 aromatic rings. The van der Waals surface area contributed by atoms with Crippen molar-refractivity contribution >= 4 is 11.4 Å². The lowest BCUT2D eigenvalue weighted by Gasteiger charge is -2.38. The quantitative estimate of drug-likeness (QED) is 0.693. The molecule has 23 heavy (non-hydrogen) atoms. The van der Waals surface area contributed by atoms with E-state index in [1.807, 2.05) is 31.2 Å². The van der Waals surface area contributed by atoms with Gasteiger partial charge in [-0.2, -0.15) is 0 Å². The van der Waals surface area contributed by atoms with Crippen LogP contribution >= 0.6 is 0 Å². The highest BCUT2D eigenvalue weighted by Gasteiger charge is 2.26. The molecule has 2 aromatic carbocycles. The Hall–Kier alpha value is -2.60. The lowest BCUT2D eigenvalue weighted by Crippen LogP contribution is -2.43. The molecule has 0 amide bonds. The summed E-state index contributed by atoms with van der Waals surface area (Å²) in [6, 6.07) is 13.9. The molecule has 0 fully saturated rings. The smallest absolute Gasteiger partial charge is 0.269 e. The Balaban J connectivity index is 1.84. The third-order valence-corrected chi connectivity index (χ3v) is 4.02. The third kappa shape index (κ3) is 3.12. The van der Waals surface area contributed by atoms with E-state index >= 15 is 0 Å². The Morgan fingerprint density at radius 2 is 2.13 bits per heavy atom. The van der Waals surface area contributed by atoms with Crippen molar-refractivity contribution in [3.05, 3.63) is 64.2 Å². The molecule has 0 aromatic heterocycles. The summed E-state index contributed by atoms with van der Waals surface area (Å²) in [5.74, 6) is 0.789. The number of hydrogen-bond donors (Lipinski definition) is 1. The summed E-state index contributed by atoms with van der Waals surface area (Å²) in [4.78, 5) is 12.5. The van der Waals surface area contributed by atoms with Crippen LogP contribution in [0.25, 0.3) is 0 Å². The van der Waals surface area contributed by atoms with Crippen LogP contribution in [0.5, 0.6) is 5.75 Å². The molecule has 1 aliphatic heterocycles. The number of ether oxygens (including phenoxy) is 1. The summed E-state index contributed by atoms with van der Waals surface area (Å²) < 4.78 is 5.69. The van der Waals surface area contributed by atoms with Crippen LogP contribution in [0, 0.1) is 10.1 Å². The number of aliphatic hydroxyl groups excluding tert-OH is 1. The minimum absolute atomic E-state index is 0.0167. The number of fused-ring (bicyclic) bond motifs is 1. The van der Waals surface area contributed by atoms with E-state index in [2.05, 4.69) is 4.90 Å². The number of β-amino-alcohol motifs (C(OH)–C–C–N with tert-alkyl or cyclic N) is 1. The fourth-order valence-electron chi connectivity index (χ4n) is 2.77. The van der Waals surface area contributed by atoms with Gasteiger partial charge in [0.2, 0.25) is 0 Å². The number of nitrogens with zero attached hydrogens (tertiary/aromatic N) is 2. The lowest BCUT2D eigenvalue weighted by molar-refractivity contribution is -0.385. The second-order valence-corrected chi connectivity index (χ2v) is 5.65. The summed E-state index contributed by atoms with van der Waals surface area (Å²) in [5, 5.41) is 21.4. The first kappa shape index (κ1) is 15.3. The maximum absolute atomic E-state index is 10.9. The van der Waals surface area contributed by atoms with Crippen molar-refractivity contribution in [2.75, 3.05) is 18.1 Å². The zero-order valence-electron chi connectivity index (χ0n) is 12.8. The van der Waals surface area contributed by atoms with Crippen molar-refractivity contribution in [2.24, 2.45) is 0 Å². The zero-order valence-corrected chi connectivity index (χ0v) is 12.8. The van der Waals surface area contributed by atoms with E-state index in [1.54, 1.807) is 12.1 Å². The lowest BCUT2D eigenvalue weighted by atomic mass is 10.1. The molecule has 0 radical (unpaired) electrons. The van der Waals surface area contributed by atoms with E-state index in [0.29, 0.717) is 18.7 Å². The van der Waals surface area contributed by atoms with Gasteiger partial charge in [0.25, 0.3) is 5.69 Å². The summed E-state index contributed by atoms with van der Waals surface area (Å²) in [5.41, 5.74) is 1.45. The largest absolute Gasteiger partial charge is 0.489 e. The van der Waals surface area contributed by atoms with Gasteiger partial charge in [-0.15, -0.1) is 0 Å². The van der Waals surface area contributed by atoms with Crippen LogP contribution in [0.4, 0.5) is 11.4 Å². The molecule has 1 N–H and O–H groups in total. The summed E-state index contributed by atoms with van der Waals surface area (Å²) in [6.07, 6.45) is -0.816. The number of para-hydroxylation sites is 2. The molecular formula is C17H18N2O4. The number of rotatable bonds is 4. The van der Waals surface area contributed by atoms with Gasteiger partial charge in [0.1, 0.15) is 12.4 Å². The zero-order chi connectivity index (χ0) is 16.4. The number of non-ortho nitro benzene ring substituents is 1. The Morgan fingerprint density at radius 1 is 1.35 bits per heavy atom. The van der Waals surface area contributed by atoms with Gasteiger partial charge in [0, 0.05) is 18.7 Å². The van der Waals surface area contributed by atoms with Gasteiger partial charge < -0.3 is 14.7 Å². The number of hydrogen-bond acceptors (Lipinski definition) is 5. The van der Waals surface area contributed by atoms with E-state index in [4.69, 9.17) is 4.74 Å². The fraction of sp³-hybridized carbons (Fsp3) is 0.294. The monoisotopic (exact) mass is 314 g/mol. The molecule has 0 spiro atoms. The molecule has 1 aliphatic rings. The second-order valence-electron chi connectivity index (χ2n) is 5.65. The molecule has 0 saturated carbocycles. The van der Waals surface area contributed by atoms with E-state index in [0.717, 1.165) is 11.4 Å². The molecular weight excluding hydrogens is 296 g/mol. The van der Waals surface area contributed by atoms with E-state index in [-0.39, 0.29) is 11.7 Å². The van der Waals surface area contributed by atoms with Crippen molar-refractivity contribution in [1.82, 2.24) is 0 Å². The van der Waals surface area contributed by atoms with Crippen LogP contribution in [0.15, 0.2) is 48.5 Å². The third-order valence-electron chi connectivity index (χ3n) is 4.02. The highest BCUT2D eigenvalue weighted by Crippen LogP contribution is 2.34. The Bertz CT molecular complexity index is 719. The predicted molar refractivity (Wildman–Crippen MR) is 86.8 cm³/mol. The van der Waals surface area contributed by atoms with Crippen molar-refractivity contribution in [3.63, 3.8) is 0 Å². The molecule has 0 aliphatic carbocycles. The van der Waals surface area contributed by atoms with Crippen molar-refractivity contribution < 1.29 is 14.8 Å². The topological polar surface area (TPSA) is 75.8 Å². The molecule has 0 saturated heterocycles. The van der Waals surface area contributed by atoms with Gasteiger partial charge in [-0.1, -0.05) is 24.3 Å². The predicted octanol–water partition coefficient (Wildman–Crippen LogP) is 2.92. The van der Waals surface area contributed by atoms with Gasteiger partial charge in [0.15, 0.2) is 0 Å². The molecule has 1 heterocycles. The van der Waals surface area contributed by atoms with Gasteiger partial charge in [-0.25, -0.2) is 0 Å². The molecule has 3 rings (SSSR count). The average Bonchev–Trinajstić information content (AvgIpc) is 2.57. The van der Waals surface area contributed by atoms with Gasteiger partial charge in [0.05, 0.1) is 22.8 Å². The van der Waals surface area contributed by atoms with E-state index < -0.39 is 11.0 Å². The van der Waals surface area contributed by atoms with Crippen LogP contribution in [-0.4, -0.2) is 29.2 Å².